The summed E-state index contributed by atoms with van der Waals surface area (Å²) < 4.78 is 5.80. The molecule has 0 spiro atoms. The average molecular weight is 376 g/mol. The first-order valence-corrected chi connectivity index (χ1v) is 11.1. The maximum absolute atomic E-state index is 12.9. The van der Waals surface area contributed by atoms with Crippen molar-refractivity contribution in [2.45, 2.75) is 97.6 Å². The van der Waals surface area contributed by atoms with Gasteiger partial charge in [0.15, 0.2) is 0 Å². The Balaban J connectivity index is 1.55. The third-order valence-corrected chi connectivity index (χ3v) is 8.79. The fourth-order valence-corrected chi connectivity index (χ4v) is 7.46. The van der Waals surface area contributed by atoms with Gasteiger partial charge >= 0.3 is 5.97 Å². The molecule has 4 aliphatic rings. The fraction of sp³-hybridized carbons (Fsp3) is 0.913. The largest absolute Gasteiger partial charge is 0.460 e. The maximum Gasteiger partial charge on any atom is 0.310 e. The molecule has 1 heterocycles. The molecule has 7 atom stereocenters. The summed E-state index contributed by atoms with van der Waals surface area (Å²) in [6.07, 6.45) is 8.48. The topological polar surface area (TPSA) is 55.4 Å². The van der Waals surface area contributed by atoms with Crippen molar-refractivity contribution in [3.63, 3.8) is 0 Å². The molecule has 27 heavy (non-hydrogen) atoms. The van der Waals surface area contributed by atoms with Crippen molar-refractivity contribution in [2.24, 2.45) is 34.5 Å². The van der Waals surface area contributed by atoms with Crippen LogP contribution in [0.5, 0.6) is 0 Å². The number of hydrogen-bond acceptors (Lipinski definition) is 3. The number of esters is 1. The molecule has 4 nitrogen and oxygen atoms in total. The number of rotatable bonds is 1. The van der Waals surface area contributed by atoms with E-state index in [0.29, 0.717) is 30.2 Å². The quantitative estimate of drug-likeness (QED) is 0.688. The van der Waals surface area contributed by atoms with Gasteiger partial charge in [0, 0.05) is 12.5 Å². The Hall–Kier alpha value is -1.06. The third kappa shape index (κ3) is 3.02. The van der Waals surface area contributed by atoms with Gasteiger partial charge in [0.2, 0.25) is 5.91 Å². The number of piperidine rings is 1. The molecule has 3 saturated carbocycles. The van der Waals surface area contributed by atoms with Crippen molar-refractivity contribution < 1.29 is 14.3 Å². The van der Waals surface area contributed by atoms with E-state index in [1.807, 2.05) is 20.8 Å². The minimum Gasteiger partial charge on any atom is -0.460 e. The predicted molar refractivity (Wildman–Crippen MR) is 105 cm³/mol. The van der Waals surface area contributed by atoms with Gasteiger partial charge in [-0.05, 0) is 94.3 Å². The Morgan fingerprint density at radius 2 is 1.70 bits per heavy atom. The smallest absolute Gasteiger partial charge is 0.310 e. The molecule has 0 aromatic heterocycles. The zero-order valence-corrected chi connectivity index (χ0v) is 17.8. The molecular weight excluding hydrogens is 338 g/mol. The lowest BCUT2D eigenvalue weighted by atomic mass is 9.47. The van der Waals surface area contributed by atoms with E-state index in [0.717, 1.165) is 32.1 Å². The molecule has 4 rings (SSSR count). The molecule has 4 heteroatoms. The highest BCUT2D eigenvalue weighted by atomic mass is 16.6. The van der Waals surface area contributed by atoms with E-state index in [1.165, 1.54) is 12.8 Å². The van der Waals surface area contributed by atoms with Crippen LogP contribution in [0, 0.1) is 34.5 Å². The van der Waals surface area contributed by atoms with Gasteiger partial charge in [0.05, 0.1) is 5.92 Å². The number of hydrogen-bond donors (Lipinski definition) is 1. The van der Waals surface area contributed by atoms with Crippen molar-refractivity contribution >= 4 is 11.9 Å². The van der Waals surface area contributed by atoms with Crippen molar-refractivity contribution in [3.8, 4) is 0 Å². The van der Waals surface area contributed by atoms with Crippen molar-refractivity contribution in [3.05, 3.63) is 0 Å². The minimum absolute atomic E-state index is 0.0239. The van der Waals surface area contributed by atoms with Crippen LogP contribution in [0.4, 0.5) is 0 Å². The number of amides is 1. The second-order valence-electron chi connectivity index (χ2n) is 11.3. The molecule has 0 bridgehead atoms. The highest BCUT2D eigenvalue weighted by Gasteiger charge is 2.61. The van der Waals surface area contributed by atoms with Gasteiger partial charge in [-0.1, -0.05) is 13.8 Å². The Kier molecular flexibility index (Phi) is 4.44. The van der Waals surface area contributed by atoms with Crippen LogP contribution in [0.2, 0.25) is 0 Å². The lowest BCUT2D eigenvalue weighted by molar-refractivity contribution is -0.168. The standard InChI is InChI=1S/C23H37NO3/c1-21(2,3)27-20(26)17-8-7-15-14-6-9-18-23(5,13-11-19(25)24-18)16(14)10-12-22(15,17)4/h14-18H,6-13H2,1-5H3,(H,24,25)/t14-,15-,16-,17+,18?,22-,23+/m0/s1. The van der Waals surface area contributed by atoms with Crippen molar-refractivity contribution in [1.82, 2.24) is 5.32 Å². The first-order valence-electron chi connectivity index (χ1n) is 11.1. The summed E-state index contributed by atoms with van der Waals surface area (Å²) in [7, 11) is 0. The Morgan fingerprint density at radius 1 is 1.00 bits per heavy atom. The van der Waals surface area contributed by atoms with E-state index in [9.17, 15) is 9.59 Å². The van der Waals surface area contributed by atoms with Crippen LogP contribution >= 0.6 is 0 Å². The molecule has 4 fully saturated rings. The molecule has 3 aliphatic carbocycles. The number of carbonyl (C=O) groups excluding carboxylic acids is 2. The summed E-state index contributed by atoms with van der Waals surface area (Å²) in [6.45, 7) is 10.7. The summed E-state index contributed by atoms with van der Waals surface area (Å²) in [4.78, 5) is 24.9. The van der Waals surface area contributed by atoms with E-state index in [2.05, 4.69) is 19.2 Å². The van der Waals surface area contributed by atoms with Crippen molar-refractivity contribution in [2.75, 3.05) is 0 Å². The van der Waals surface area contributed by atoms with Gasteiger partial charge in [-0.15, -0.1) is 0 Å². The first-order chi connectivity index (χ1) is 12.5. The Labute approximate surface area is 164 Å². The number of nitrogens with one attached hydrogen (secondary N) is 1. The van der Waals surface area contributed by atoms with Crippen LogP contribution in [-0.2, 0) is 14.3 Å². The monoisotopic (exact) mass is 375 g/mol. The van der Waals surface area contributed by atoms with Crippen LogP contribution in [-0.4, -0.2) is 23.5 Å². The van der Waals surface area contributed by atoms with Gasteiger partial charge in [0.1, 0.15) is 5.60 Å². The van der Waals surface area contributed by atoms with Crippen LogP contribution < -0.4 is 5.32 Å². The van der Waals surface area contributed by atoms with Crippen LogP contribution in [0.3, 0.4) is 0 Å². The number of carbonyl (C=O) groups is 2. The summed E-state index contributed by atoms with van der Waals surface area (Å²) in [5, 5.41) is 3.30. The zero-order valence-electron chi connectivity index (χ0n) is 17.8. The summed E-state index contributed by atoms with van der Waals surface area (Å²) >= 11 is 0. The SMILES string of the molecule is CC(C)(C)OC(=O)[C@H]1CC[C@H]2[C@@H]3CCC4NC(=O)CC[C@]4(C)[C@H]3CC[C@]12C. The van der Waals surface area contributed by atoms with Gasteiger partial charge in [-0.3, -0.25) is 9.59 Å². The van der Waals surface area contributed by atoms with E-state index in [-0.39, 0.29) is 28.6 Å². The number of fused-ring (bicyclic) bond motifs is 5. The molecule has 0 radical (unpaired) electrons. The van der Waals surface area contributed by atoms with Gasteiger partial charge in [-0.25, -0.2) is 0 Å². The molecule has 1 saturated heterocycles. The van der Waals surface area contributed by atoms with Crippen molar-refractivity contribution in [1.29, 1.82) is 0 Å². The molecule has 1 unspecified atom stereocenters. The second-order valence-corrected chi connectivity index (χ2v) is 11.3. The van der Waals surface area contributed by atoms with Gasteiger partial charge in [0.25, 0.3) is 0 Å². The highest BCUT2D eigenvalue weighted by Crippen LogP contribution is 2.65. The average Bonchev–Trinajstić information content (AvgIpc) is 2.91. The molecule has 1 N–H and O–H groups in total. The zero-order chi connectivity index (χ0) is 19.6. The maximum atomic E-state index is 12.9. The lowest BCUT2D eigenvalue weighted by Gasteiger charge is -2.60. The molecule has 0 aromatic rings. The minimum atomic E-state index is -0.408. The highest BCUT2D eigenvalue weighted by molar-refractivity contribution is 5.77. The normalized spacial score (nSPS) is 46.7. The molecule has 0 aromatic carbocycles. The summed E-state index contributed by atoms with van der Waals surface area (Å²) in [6, 6.07) is 0.354. The van der Waals surface area contributed by atoms with E-state index >= 15 is 0 Å². The van der Waals surface area contributed by atoms with Gasteiger partial charge < -0.3 is 10.1 Å². The fourth-order valence-electron chi connectivity index (χ4n) is 7.46. The van der Waals surface area contributed by atoms with E-state index < -0.39 is 5.60 Å². The van der Waals surface area contributed by atoms with Crippen LogP contribution in [0.25, 0.3) is 0 Å². The predicted octanol–water partition coefficient (Wildman–Crippen LogP) is 4.47. The van der Waals surface area contributed by atoms with E-state index in [4.69, 9.17) is 4.74 Å². The molecular formula is C23H37NO3. The lowest BCUT2D eigenvalue weighted by Crippen LogP contribution is -2.61. The van der Waals surface area contributed by atoms with Crippen LogP contribution in [0.1, 0.15) is 86.0 Å². The molecule has 1 aliphatic heterocycles. The summed E-state index contributed by atoms with van der Waals surface area (Å²) in [5.41, 5.74) is -0.0820. The Morgan fingerprint density at radius 3 is 2.41 bits per heavy atom. The third-order valence-electron chi connectivity index (χ3n) is 8.79. The van der Waals surface area contributed by atoms with Crippen LogP contribution in [0.15, 0.2) is 0 Å². The first kappa shape index (κ1) is 19.3. The Bertz CT molecular complexity index is 638. The molecule has 1 amide bonds. The van der Waals surface area contributed by atoms with E-state index in [1.54, 1.807) is 0 Å². The van der Waals surface area contributed by atoms with Gasteiger partial charge in [-0.2, -0.15) is 0 Å². The second kappa shape index (κ2) is 6.22. The molecule has 152 valence electrons. The summed E-state index contributed by atoms with van der Waals surface area (Å²) in [5.74, 6) is 2.33. The number of ether oxygens (including phenoxy) is 1.